The summed E-state index contributed by atoms with van der Waals surface area (Å²) in [6.45, 7) is 0. The zero-order valence-electron chi connectivity index (χ0n) is 31.5. The number of aromatic nitrogens is 4. The second-order valence-corrected chi connectivity index (χ2v) is 16.7. The zero-order chi connectivity index (χ0) is 38.3. The Morgan fingerprint density at radius 2 is 1.07 bits per heavy atom. The second-order valence-electron chi connectivity index (χ2n) is 15.6. The molecule has 0 fully saturated rings. The standard InChI is InChI=1S/C54H30N4S/c1-2-15-32-31(14-1)28-29-41-51(32)56-52(39-22-13-27-47-48(39)38-21-8-12-26-46(38)59-47)54(55-41)58-44-25-11-7-20-37(44)49-45(58)30-40-35-18-6-10-24-43(35)57-42-23-9-5-17-34(42)33-16-3-4-19-36(33)50(49)53(40)57/h1-30H. The summed E-state index contributed by atoms with van der Waals surface area (Å²) < 4.78 is 7.43. The van der Waals surface area contributed by atoms with E-state index in [4.69, 9.17) is 9.97 Å². The van der Waals surface area contributed by atoms with Crippen LogP contribution in [-0.4, -0.2) is 19.1 Å². The van der Waals surface area contributed by atoms with Crippen molar-refractivity contribution < 1.29 is 0 Å². The molecule has 0 saturated carbocycles. The topological polar surface area (TPSA) is 35.6 Å². The average molecular weight is 767 g/mol. The largest absolute Gasteiger partial charge is 0.308 e. The maximum Gasteiger partial charge on any atom is 0.165 e. The van der Waals surface area contributed by atoms with Crippen LogP contribution in [0.2, 0.25) is 0 Å². The van der Waals surface area contributed by atoms with Gasteiger partial charge < -0.3 is 4.57 Å². The number of rotatable bonds is 2. The van der Waals surface area contributed by atoms with E-state index in [1.165, 1.54) is 80.7 Å². The third-order valence-electron chi connectivity index (χ3n) is 12.6. The fraction of sp³-hybridized carbons (Fsp3) is 0. The van der Waals surface area contributed by atoms with Gasteiger partial charge in [-0.15, -0.1) is 11.3 Å². The molecule has 0 saturated heterocycles. The zero-order valence-corrected chi connectivity index (χ0v) is 32.3. The highest BCUT2D eigenvalue weighted by Crippen LogP contribution is 2.52. The Morgan fingerprint density at radius 3 is 1.95 bits per heavy atom. The number of nitrogens with zero attached hydrogens (tertiary/aromatic N) is 4. The molecular weight excluding hydrogens is 737 g/mol. The molecule has 5 heterocycles. The van der Waals surface area contributed by atoms with E-state index < -0.39 is 0 Å². The summed E-state index contributed by atoms with van der Waals surface area (Å²) in [5.74, 6) is 0.822. The molecule has 0 bridgehead atoms. The first-order valence-electron chi connectivity index (χ1n) is 20.1. The van der Waals surface area contributed by atoms with Gasteiger partial charge in [0.25, 0.3) is 0 Å². The summed E-state index contributed by atoms with van der Waals surface area (Å²) >= 11 is 1.83. The number of para-hydroxylation sites is 3. The van der Waals surface area contributed by atoms with Crippen LogP contribution in [0.1, 0.15) is 0 Å². The number of thiophene rings is 1. The monoisotopic (exact) mass is 766 g/mol. The average Bonchev–Trinajstić information content (AvgIpc) is 3.93. The molecule has 4 nitrogen and oxygen atoms in total. The van der Waals surface area contributed by atoms with Gasteiger partial charge in [-0.05, 0) is 59.0 Å². The van der Waals surface area contributed by atoms with Gasteiger partial charge >= 0.3 is 0 Å². The van der Waals surface area contributed by atoms with Crippen LogP contribution < -0.4 is 0 Å². The number of hydrogen-bond donors (Lipinski definition) is 0. The summed E-state index contributed by atoms with van der Waals surface area (Å²) in [5.41, 5.74) is 14.5. The summed E-state index contributed by atoms with van der Waals surface area (Å²) in [6.07, 6.45) is 0. The molecule has 0 N–H and O–H groups in total. The van der Waals surface area contributed by atoms with Gasteiger partial charge in [0, 0.05) is 63.8 Å². The molecule has 9 aromatic carbocycles. The highest BCUT2D eigenvalue weighted by molar-refractivity contribution is 7.25. The summed E-state index contributed by atoms with van der Waals surface area (Å²) in [6, 6.07) is 66.3. The van der Waals surface area contributed by atoms with Gasteiger partial charge in [-0.3, -0.25) is 4.57 Å². The molecule has 59 heavy (non-hydrogen) atoms. The molecule has 0 spiro atoms. The van der Waals surface area contributed by atoms with Crippen molar-refractivity contribution in [3.05, 3.63) is 182 Å². The molecule has 0 amide bonds. The smallest absolute Gasteiger partial charge is 0.165 e. The predicted octanol–water partition coefficient (Wildman–Crippen LogP) is 14.7. The first-order valence-corrected chi connectivity index (χ1v) is 20.9. The normalized spacial score (nSPS) is 12.4. The number of fused-ring (bicyclic) bond motifs is 18. The second kappa shape index (κ2) is 11.5. The summed E-state index contributed by atoms with van der Waals surface area (Å²) in [7, 11) is 0. The fourth-order valence-corrected chi connectivity index (χ4v) is 11.4. The molecule has 0 atom stereocenters. The molecular formula is C54H30N4S. The van der Waals surface area contributed by atoms with E-state index in [1.807, 2.05) is 11.3 Å². The molecule has 0 radical (unpaired) electrons. The molecule has 1 aliphatic rings. The van der Waals surface area contributed by atoms with Crippen molar-refractivity contribution in [1.82, 2.24) is 19.1 Å². The van der Waals surface area contributed by atoms with Crippen molar-refractivity contribution in [2.45, 2.75) is 0 Å². The van der Waals surface area contributed by atoms with Gasteiger partial charge in [0.2, 0.25) is 0 Å². The Balaban J connectivity index is 1.22. The van der Waals surface area contributed by atoms with Crippen molar-refractivity contribution in [3.63, 3.8) is 0 Å². The summed E-state index contributed by atoms with van der Waals surface area (Å²) in [5, 5.41) is 9.54. The Kier molecular flexibility index (Phi) is 6.14. The lowest BCUT2D eigenvalue weighted by atomic mass is 9.91. The van der Waals surface area contributed by atoms with E-state index in [-0.39, 0.29) is 0 Å². The SMILES string of the molecule is c1ccc2c(c1)-c1ccccc1-n1c3ccccc3c3cc4c(c-2c31)c1ccccc1n4-c1nc2ccc3ccccc3c2nc1-c1cccc2sc3ccccc3c12. The van der Waals surface area contributed by atoms with Crippen LogP contribution in [0.5, 0.6) is 0 Å². The highest BCUT2D eigenvalue weighted by atomic mass is 32.1. The van der Waals surface area contributed by atoms with E-state index >= 15 is 0 Å². The minimum atomic E-state index is 0.822. The molecule has 13 aromatic rings. The van der Waals surface area contributed by atoms with Crippen molar-refractivity contribution in [3.8, 4) is 45.0 Å². The molecule has 4 aromatic heterocycles. The van der Waals surface area contributed by atoms with Crippen molar-refractivity contribution in [2.24, 2.45) is 0 Å². The number of hydrogen-bond acceptors (Lipinski definition) is 3. The summed E-state index contributed by atoms with van der Waals surface area (Å²) in [4.78, 5) is 11.5. The van der Waals surface area contributed by atoms with Crippen LogP contribution in [-0.2, 0) is 0 Å². The third kappa shape index (κ3) is 4.11. The van der Waals surface area contributed by atoms with E-state index in [2.05, 4.69) is 191 Å². The first-order chi connectivity index (χ1) is 29.3. The van der Waals surface area contributed by atoms with Crippen molar-refractivity contribution >= 4 is 96.9 Å². The van der Waals surface area contributed by atoms with Crippen LogP contribution in [0.4, 0.5) is 0 Å². The Morgan fingerprint density at radius 1 is 0.407 bits per heavy atom. The van der Waals surface area contributed by atoms with Crippen LogP contribution in [0.15, 0.2) is 182 Å². The predicted molar refractivity (Wildman–Crippen MR) is 248 cm³/mol. The quantitative estimate of drug-likeness (QED) is 0.164. The van der Waals surface area contributed by atoms with E-state index in [1.54, 1.807) is 0 Å². The van der Waals surface area contributed by atoms with E-state index in [0.29, 0.717) is 0 Å². The lowest BCUT2D eigenvalue weighted by Gasteiger charge is -2.16. The van der Waals surface area contributed by atoms with Crippen LogP contribution in [0.25, 0.3) is 131 Å². The van der Waals surface area contributed by atoms with Gasteiger partial charge in [-0.2, -0.15) is 0 Å². The maximum absolute atomic E-state index is 5.75. The Labute approximate surface area is 341 Å². The lowest BCUT2D eigenvalue weighted by molar-refractivity contribution is 1.08. The Hall–Kier alpha value is -7.60. The van der Waals surface area contributed by atoms with Crippen LogP contribution in [0.3, 0.4) is 0 Å². The molecule has 272 valence electrons. The van der Waals surface area contributed by atoms with Crippen LogP contribution >= 0.6 is 11.3 Å². The Bertz CT molecular complexity index is 3980. The highest BCUT2D eigenvalue weighted by Gasteiger charge is 2.30. The van der Waals surface area contributed by atoms with Gasteiger partial charge in [-0.25, -0.2) is 9.97 Å². The molecule has 5 heteroatoms. The maximum atomic E-state index is 5.75. The van der Waals surface area contributed by atoms with Crippen LogP contribution in [0, 0.1) is 0 Å². The molecule has 0 unspecified atom stereocenters. The minimum Gasteiger partial charge on any atom is -0.308 e. The lowest BCUT2D eigenvalue weighted by Crippen LogP contribution is -2.04. The third-order valence-corrected chi connectivity index (χ3v) is 13.8. The molecule has 0 aliphatic carbocycles. The van der Waals surface area contributed by atoms with E-state index in [0.717, 1.165) is 49.9 Å². The fourth-order valence-electron chi connectivity index (χ4n) is 10.2. The van der Waals surface area contributed by atoms with E-state index in [9.17, 15) is 0 Å². The molecule has 14 rings (SSSR count). The van der Waals surface area contributed by atoms with Gasteiger partial charge in [0.05, 0.1) is 38.8 Å². The van der Waals surface area contributed by atoms with Crippen molar-refractivity contribution in [2.75, 3.05) is 0 Å². The van der Waals surface area contributed by atoms with Crippen molar-refractivity contribution in [1.29, 1.82) is 0 Å². The minimum absolute atomic E-state index is 0.822. The first kappa shape index (κ1) is 31.5. The molecule has 1 aliphatic heterocycles. The van der Waals surface area contributed by atoms with Gasteiger partial charge in [0.15, 0.2) is 5.82 Å². The van der Waals surface area contributed by atoms with Gasteiger partial charge in [-0.1, -0.05) is 140 Å². The number of benzene rings is 9. The van der Waals surface area contributed by atoms with Gasteiger partial charge in [0.1, 0.15) is 5.69 Å².